The number of hydrogen-bond acceptors (Lipinski definition) is 6. The van der Waals surface area contributed by atoms with Crippen LogP contribution in [0.1, 0.15) is 4.88 Å². The molecule has 0 saturated carbocycles. The van der Waals surface area contributed by atoms with E-state index in [0.717, 1.165) is 9.35 Å². The van der Waals surface area contributed by atoms with Crippen molar-refractivity contribution in [3.63, 3.8) is 0 Å². The number of allylic oxidation sites excluding steroid dienone is 1. The fourth-order valence-corrected chi connectivity index (χ4v) is 3.35. The number of carboxylic acid groups (broad SMARTS) is 1. The van der Waals surface area contributed by atoms with Gasteiger partial charge in [0, 0.05) is 26.5 Å². The van der Waals surface area contributed by atoms with Crippen LogP contribution in [0.3, 0.4) is 0 Å². The van der Waals surface area contributed by atoms with Crippen LogP contribution in [0.15, 0.2) is 63.5 Å². The number of carbonyl (C=O) groups excluding carboxylic acids is 2. The molecule has 1 aromatic heterocycles. The van der Waals surface area contributed by atoms with Crippen molar-refractivity contribution in [3.05, 3.63) is 68.3 Å². The Hall–Kier alpha value is -2.38. The number of ether oxygens (including phenoxy) is 1. The van der Waals surface area contributed by atoms with Crippen molar-refractivity contribution < 1.29 is 19.4 Å². The molecule has 0 aliphatic carbocycles. The van der Waals surface area contributed by atoms with E-state index in [4.69, 9.17) is 4.74 Å². The number of ketones is 1. The molecule has 0 unspecified atom stereocenters. The van der Waals surface area contributed by atoms with E-state index in [0.29, 0.717) is 5.69 Å². The van der Waals surface area contributed by atoms with Crippen LogP contribution in [0.25, 0.3) is 6.08 Å². The summed E-state index contributed by atoms with van der Waals surface area (Å²) in [5.74, 6) is -2.49. The number of carboxylic acids is 1. The van der Waals surface area contributed by atoms with E-state index in [-0.39, 0.29) is 11.6 Å². The molecule has 23 heavy (non-hydrogen) atoms. The fourth-order valence-electron chi connectivity index (χ4n) is 1.99. The molecule has 0 fully saturated rings. The average molecular weight is 391 g/mol. The third-order valence-corrected chi connectivity index (χ3v) is 4.63. The number of para-hydroxylation sites is 1. The number of halogens is 1. The molecule has 0 bridgehead atoms. The highest BCUT2D eigenvalue weighted by molar-refractivity contribution is 9.10. The van der Waals surface area contributed by atoms with Crippen LogP contribution in [0, 0.1) is 0 Å². The minimum atomic E-state index is -1.58. The van der Waals surface area contributed by atoms with Crippen LogP contribution in [0.5, 0.6) is 0 Å². The maximum absolute atomic E-state index is 12.2. The van der Waals surface area contributed by atoms with Crippen LogP contribution < -0.4 is 10.4 Å². The molecule has 1 aromatic carbocycles. The molecule has 5 nitrogen and oxygen atoms in total. The first-order valence-electron chi connectivity index (χ1n) is 6.50. The molecule has 0 amide bonds. The number of benzene rings is 1. The molecule has 0 atom stereocenters. The van der Waals surface area contributed by atoms with Gasteiger partial charge >= 0.3 is 0 Å². The largest absolute Gasteiger partial charge is 0.544 e. The second kappa shape index (κ2) is 6.39. The molecule has 2 heterocycles. The van der Waals surface area contributed by atoms with Gasteiger partial charge in [-0.1, -0.05) is 18.2 Å². The summed E-state index contributed by atoms with van der Waals surface area (Å²) in [6.07, 6.45) is 1.50. The zero-order valence-corrected chi connectivity index (χ0v) is 13.9. The van der Waals surface area contributed by atoms with Crippen LogP contribution >= 0.6 is 27.3 Å². The molecule has 1 aliphatic heterocycles. The van der Waals surface area contributed by atoms with Gasteiger partial charge in [0.05, 0.1) is 5.97 Å². The van der Waals surface area contributed by atoms with Gasteiger partial charge in [-0.2, -0.15) is 0 Å². The number of carbonyl (C=O) groups is 2. The maximum atomic E-state index is 12.2. The fraction of sp³-hybridized carbons (Fsp3) is 0. The quantitative estimate of drug-likeness (QED) is 0.640. The van der Waals surface area contributed by atoms with Gasteiger partial charge < -0.3 is 20.0 Å². The zero-order chi connectivity index (χ0) is 16.4. The van der Waals surface area contributed by atoms with Crippen molar-refractivity contribution in [3.8, 4) is 0 Å². The Morgan fingerprint density at radius 2 is 2.04 bits per heavy atom. The molecule has 2 aromatic rings. The normalized spacial score (nSPS) is 15.9. The summed E-state index contributed by atoms with van der Waals surface area (Å²) in [6.45, 7) is 0. The second-order valence-electron chi connectivity index (χ2n) is 4.59. The molecule has 0 radical (unpaired) electrons. The predicted molar refractivity (Wildman–Crippen MR) is 88.2 cm³/mol. The van der Waals surface area contributed by atoms with Gasteiger partial charge in [-0.05, 0) is 34.1 Å². The SMILES string of the molecule is O=C([O-])C1=C(Nc2ccccc2)O/C(=C\c2cc(Br)cs2)C1=O. The first kappa shape index (κ1) is 15.5. The predicted octanol–water partition coefficient (Wildman–Crippen LogP) is 2.52. The Labute approximate surface area is 144 Å². The molecule has 7 heteroatoms. The topological polar surface area (TPSA) is 78.5 Å². The summed E-state index contributed by atoms with van der Waals surface area (Å²) < 4.78 is 6.29. The lowest BCUT2D eigenvalue weighted by Gasteiger charge is -2.08. The first-order chi connectivity index (χ1) is 11.0. The van der Waals surface area contributed by atoms with Crippen molar-refractivity contribution in [2.75, 3.05) is 5.32 Å². The Morgan fingerprint density at radius 1 is 1.30 bits per heavy atom. The zero-order valence-electron chi connectivity index (χ0n) is 11.5. The summed E-state index contributed by atoms with van der Waals surface area (Å²) in [4.78, 5) is 24.3. The molecule has 1 N–H and O–H groups in total. The minimum absolute atomic E-state index is 0.0584. The number of thiophene rings is 1. The molecule has 0 saturated heterocycles. The summed E-state index contributed by atoms with van der Waals surface area (Å²) in [6, 6.07) is 10.6. The van der Waals surface area contributed by atoms with E-state index < -0.39 is 17.3 Å². The maximum Gasteiger partial charge on any atom is 0.235 e. The van der Waals surface area contributed by atoms with Crippen LogP contribution in [0.2, 0.25) is 0 Å². The lowest BCUT2D eigenvalue weighted by Crippen LogP contribution is -2.28. The van der Waals surface area contributed by atoms with Gasteiger partial charge in [0.15, 0.2) is 5.76 Å². The minimum Gasteiger partial charge on any atom is -0.544 e. The number of hydrogen-bond donors (Lipinski definition) is 1. The highest BCUT2D eigenvalue weighted by atomic mass is 79.9. The summed E-state index contributed by atoms with van der Waals surface area (Å²) in [5, 5.41) is 15.9. The lowest BCUT2D eigenvalue weighted by molar-refractivity contribution is -0.298. The van der Waals surface area contributed by atoms with E-state index in [1.165, 1.54) is 17.4 Å². The van der Waals surface area contributed by atoms with E-state index in [1.807, 2.05) is 11.4 Å². The van der Waals surface area contributed by atoms with Gasteiger partial charge in [-0.25, -0.2) is 0 Å². The monoisotopic (exact) mass is 390 g/mol. The molecular weight excluding hydrogens is 382 g/mol. The van der Waals surface area contributed by atoms with Gasteiger partial charge in [-0.15, -0.1) is 11.3 Å². The molecule has 0 spiro atoms. The first-order valence-corrected chi connectivity index (χ1v) is 8.18. The number of anilines is 1. The molecule has 3 rings (SSSR count). The number of rotatable bonds is 4. The Morgan fingerprint density at radius 3 is 2.65 bits per heavy atom. The van der Waals surface area contributed by atoms with Gasteiger partial charge in [0.25, 0.3) is 0 Å². The van der Waals surface area contributed by atoms with Gasteiger partial charge in [0.2, 0.25) is 11.7 Å². The standard InChI is InChI=1S/C16H10BrNO4S/c17-9-6-11(23-8-9)7-12-14(19)13(16(20)21)15(22-12)18-10-4-2-1-3-5-10/h1-8,18H,(H,20,21)/p-1/b12-7-. The molecular formula is C16H9BrNO4S-. The van der Waals surface area contributed by atoms with Crippen LogP contribution in [-0.4, -0.2) is 11.8 Å². The van der Waals surface area contributed by atoms with Crippen molar-refractivity contribution in [1.29, 1.82) is 0 Å². The van der Waals surface area contributed by atoms with Crippen molar-refractivity contribution >= 4 is 50.8 Å². The van der Waals surface area contributed by atoms with E-state index >= 15 is 0 Å². The summed E-state index contributed by atoms with van der Waals surface area (Å²) >= 11 is 4.71. The summed E-state index contributed by atoms with van der Waals surface area (Å²) in [5.41, 5.74) is 0.0879. The highest BCUT2D eigenvalue weighted by Gasteiger charge is 2.31. The third-order valence-electron chi connectivity index (χ3n) is 2.99. The Balaban J connectivity index is 1.92. The van der Waals surface area contributed by atoms with Gasteiger partial charge in [0.1, 0.15) is 5.57 Å². The number of Topliss-reactive ketones (excluding diaryl/α,β-unsaturated/α-hetero) is 1. The van der Waals surface area contributed by atoms with E-state index in [1.54, 1.807) is 30.3 Å². The van der Waals surface area contributed by atoms with E-state index in [2.05, 4.69) is 21.2 Å². The van der Waals surface area contributed by atoms with Crippen LogP contribution in [-0.2, 0) is 14.3 Å². The number of nitrogens with one attached hydrogen (secondary N) is 1. The average Bonchev–Trinajstić information content (AvgIpc) is 3.05. The Kier molecular flexibility index (Phi) is 4.31. The molecule has 1 aliphatic rings. The Bertz CT molecular complexity index is 839. The molecule has 116 valence electrons. The van der Waals surface area contributed by atoms with Crippen molar-refractivity contribution in [1.82, 2.24) is 0 Å². The third kappa shape index (κ3) is 3.35. The lowest BCUT2D eigenvalue weighted by atomic mass is 10.1. The smallest absolute Gasteiger partial charge is 0.235 e. The van der Waals surface area contributed by atoms with E-state index in [9.17, 15) is 14.7 Å². The van der Waals surface area contributed by atoms with Crippen molar-refractivity contribution in [2.45, 2.75) is 0 Å². The van der Waals surface area contributed by atoms with Crippen LogP contribution in [0.4, 0.5) is 5.69 Å². The highest BCUT2D eigenvalue weighted by Crippen LogP contribution is 2.29. The summed E-state index contributed by atoms with van der Waals surface area (Å²) in [7, 11) is 0. The number of aliphatic carboxylic acids is 1. The second-order valence-corrected chi connectivity index (χ2v) is 6.45. The van der Waals surface area contributed by atoms with Crippen molar-refractivity contribution in [2.24, 2.45) is 0 Å². The van der Waals surface area contributed by atoms with Gasteiger partial charge in [-0.3, -0.25) is 4.79 Å².